The van der Waals surface area contributed by atoms with E-state index in [1.807, 2.05) is 12.1 Å². The second-order valence-corrected chi connectivity index (χ2v) is 4.31. The van der Waals surface area contributed by atoms with Gasteiger partial charge in [0.05, 0.1) is 12.1 Å². The third-order valence-corrected chi connectivity index (χ3v) is 3.12. The Morgan fingerprint density at radius 2 is 2.35 bits per heavy atom. The molecule has 1 amide bonds. The molecule has 0 aliphatic heterocycles. The highest BCUT2D eigenvalue weighted by Crippen LogP contribution is 2.30. The number of fused-ring (bicyclic) bond motifs is 1. The molecule has 0 heterocycles. The van der Waals surface area contributed by atoms with Gasteiger partial charge in [-0.05, 0) is 24.0 Å². The maximum atomic E-state index is 11.8. The average Bonchev–Trinajstić information content (AvgIpc) is 2.73. The molecule has 3 nitrogen and oxygen atoms in total. The van der Waals surface area contributed by atoms with Crippen molar-refractivity contribution in [1.82, 2.24) is 5.32 Å². The van der Waals surface area contributed by atoms with E-state index in [1.165, 1.54) is 11.1 Å². The Labute approximate surface area is 101 Å². The van der Waals surface area contributed by atoms with Gasteiger partial charge in [-0.3, -0.25) is 4.79 Å². The fraction of sp³-hybridized carbons (Fsp3) is 0.357. The molecule has 0 spiro atoms. The van der Waals surface area contributed by atoms with Crippen LogP contribution in [-0.4, -0.2) is 11.9 Å². The van der Waals surface area contributed by atoms with Crippen molar-refractivity contribution in [2.45, 2.75) is 31.3 Å². The van der Waals surface area contributed by atoms with Crippen LogP contribution in [0.25, 0.3) is 0 Å². The van der Waals surface area contributed by atoms with E-state index in [4.69, 9.17) is 12.2 Å². The maximum absolute atomic E-state index is 11.8. The van der Waals surface area contributed by atoms with E-state index in [-0.39, 0.29) is 18.4 Å². The number of carbonyl (C=O) groups is 1. The maximum Gasteiger partial charge on any atom is 0.238 e. The zero-order chi connectivity index (χ0) is 12.3. The Hall–Kier alpha value is -1.79. The van der Waals surface area contributed by atoms with Crippen molar-refractivity contribution < 1.29 is 4.79 Å². The number of nitrogens with one attached hydrogen (secondary N) is 1. The third-order valence-electron chi connectivity index (χ3n) is 3.12. The summed E-state index contributed by atoms with van der Waals surface area (Å²) >= 11 is 0. The lowest BCUT2D eigenvalue weighted by Crippen LogP contribution is -2.41. The van der Waals surface area contributed by atoms with Crippen LogP contribution in [0.4, 0.5) is 0 Å². The molecule has 1 aliphatic rings. The molecule has 3 heteroatoms. The summed E-state index contributed by atoms with van der Waals surface area (Å²) in [6, 6.07) is 7.65. The Bertz CT molecular complexity index is 462. The van der Waals surface area contributed by atoms with Crippen molar-refractivity contribution in [3.8, 4) is 12.3 Å². The van der Waals surface area contributed by atoms with E-state index >= 15 is 0 Å². The molecule has 0 aromatic heterocycles. The standard InChI is InChI=1S/C14H16N2O/c1-2-5-12(15)14(17)16-13-9-8-10-6-3-4-7-11(10)13/h1,3-4,6-7,12-13H,5,8-9,15H2,(H,16,17). The summed E-state index contributed by atoms with van der Waals surface area (Å²) in [6.45, 7) is 0. The van der Waals surface area contributed by atoms with Gasteiger partial charge in [-0.25, -0.2) is 0 Å². The van der Waals surface area contributed by atoms with Gasteiger partial charge in [-0.15, -0.1) is 12.3 Å². The summed E-state index contributed by atoms with van der Waals surface area (Å²) < 4.78 is 0. The van der Waals surface area contributed by atoms with Crippen molar-refractivity contribution in [3.05, 3.63) is 35.4 Å². The second kappa shape index (κ2) is 5.03. The molecule has 88 valence electrons. The first-order valence-corrected chi connectivity index (χ1v) is 5.79. The minimum Gasteiger partial charge on any atom is -0.348 e. The number of hydrogen-bond donors (Lipinski definition) is 2. The van der Waals surface area contributed by atoms with E-state index in [2.05, 4.69) is 23.4 Å². The molecule has 2 rings (SSSR count). The molecule has 0 saturated carbocycles. The zero-order valence-electron chi connectivity index (χ0n) is 9.65. The largest absolute Gasteiger partial charge is 0.348 e. The first kappa shape index (κ1) is 11.7. The molecule has 1 aromatic rings. The quantitative estimate of drug-likeness (QED) is 0.762. The molecule has 2 atom stereocenters. The van der Waals surface area contributed by atoms with Gasteiger partial charge < -0.3 is 11.1 Å². The molecule has 1 aliphatic carbocycles. The lowest BCUT2D eigenvalue weighted by Gasteiger charge is -2.16. The van der Waals surface area contributed by atoms with Crippen molar-refractivity contribution in [2.75, 3.05) is 0 Å². The van der Waals surface area contributed by atoms with Crippen molar-refractivity contribution in [3.63, 3.8) is 0 Å². The molecular weight excluding hydrogens is 212 g/mol. The van der Waals surface area contributed by atoms with E-state index in [0.29, 0.717) is 0 Å². The predicted octanol–water partition coefficient (Wildman–Crippen LogP) is 1.14. The SMILES string of the molecule is C#CCC(N)C(=O)NC1CCc2ccccc21. The number of hydrogen-bond acceptors (Lipinski definition) is 2. The fourth-order valence-corrected chi connectivity index (χ4v) is 2.21. The predicted molar refractivity (Wildman–Crippen MR) is 67.1 cm³/mol. The summed E-state index contributed by atoms with van der Waals surface area (Å²) in [5, 5.41) is 2.96. The molecule has 3 N–H and O–H groups in total. The van der Waals surface area contributed by atoms with Crippen LogP contribution < -0.4 is 11.1 Å². The normalized spacial score (nSPS) is 19.2. The number of benzene rings is 1. The van der Waals surface area contributed by atoms with Crippen molar-refractivity contribution in [1.29, 1.82) is 0 Å². The van der Waals surface area contributed by atoms with Crippen LogP contribution >= 0.6 is 0 Å². The minimum atomic E-state index is -0.604. The van der Waals surface area contributed by atoms with Gasteiger partial charge in [-0.1, -0.05) is 24.3 Å². The summed E-state index contributed by atoms with van der Waals surface area (Å²) in [4.78, 5) is 11.8. The van der Waals surface area contributed by atoms with Crippen LogP contribution in [0.15, 0.2) is 24.3 Å². The van der Waals surface area contributed by atoms with Gasteiger partial charge in [0.25, 0.3) is 0 Å². The monoisotopic (exact) mass is 228 g/mol. The second-order valence-electron chi connectivity index (χ2n) is 4.31. The van der Waals surface area contributed by atoms with E-state index in [9.17, 15) is 4.79 Å². The van der Waals surface area contributed by atoms with Crippen molar-refractivity contribution in [2.24, 2.45) is 5.73 Å². The molecular formula is C14H16N2O. The van der Waals surface area contributed by atoms with E-state index in [1.54, 1.807) is 0 Å². The number of amides is 1. The number of rotatable bonds is 3. The molecule has 0 bridgehead atoms. The highest BCUT2D eigenvalue weighted by molar-refractivity contribution is 5.82. The molecule has 2 unspecified atom stereocenters. The third kappa shape index (κ3) is 2.48. The summed E-state index contributed by atoms with van der Waals surface area (Å²) in [6.07, 6.45) is 7.36. The summed E-state index contributed by atoms with van der Waals surface area (Å²) in [7, 11) is 0. The van der Waals surface area contributed by atoms with Crippen LogP contribution in [0.1, 0.15) is 30.0 Å². The molecule has 0 fully saturated rings. The molecule has 0 saturated heterocycles. The molecule has 0 radical (unpaired) electrons. The van der Waals surface area contributed by atoms with Gasteiger partial charge in [0, 0.05) is 6.42 Å². The number of nitrogens with two attached hydrogens (primary N) is 1. The van der Waals surface area contributed by atoms with Gasteiger partial charge in [-0.2, -0.15) is 0 Å². The average molecular weight is 228 g/mol. The van der Waals surface area contributed by atoms with Gasteiger partial charge >= 0.3 is 0 Å². The summed E-state index contributed by atoms with van der Waals surface area (Å²) in [5.41, 5.74) is 8.18. The molecule has 17 heavy (non-hydrogen) atoms. The van der Waals surface area contributed by atoms with Crippen molar-refractivity contribution >= 4 is 5.91 Å². The van der Waals surface area contributed by atoms with E-state index < -0.39 is 6.04 Å². The van der Waals surface area contributed by atoms with E-state index in [0.717, 1.165) is 12.8 Å². The van der Waals surface area contributed by atoms with Gasteiger partial charge in [0.2, 0.25) is 5.91 Å². The highest BCUT2D eigenvalue weighted by Gasteiger charge is 2.24. The van der Waals surface area contributed by atoms with Gasteiger partial charge in [0.15, 0.2) is 0 Å². The highest BCUT2D eigenvalue weighted by atomic mass is 16.2. The van der Waals surface area contributed by atoms with Crippen LogP contribution in [0.2, 0.25) is 0 Å². The number of aryl methyl sites for hydroxylation is 1. The van der Waals surface area contributed by atoms with Crippen LogP contribution in [-0.2, 0) is 11.2 Å². The van der Waals surface area contributed by atoms with Crippen LogP contribution in [0, 0.1) is 12.3 Å². The first-order valence-electron chi connectivity index (χ1n) is 5.79. The zero-order valence-corrected chi connectivity index (χ0v) is 9.65. The molecule has 1 aromatic carbocycles. The number of carbonyl (C=O) groups excluding carboxylic acids is 1. The van der Waals surface area contributed by atoms with Crippen LogP contribution in [0.3, 0.4) is 0 Å². The topological polar surface area (TPSA) is 55.1 Å². The first-order chi connectivity index (χ1) is 8.22. The fourth-order valence-electron chi connectivity index (χ4n) is 2.21. The lowest BCUT2D eigenvalue weighted by molar-refractivity contribution is -0.123. The van der Waals surface area contributed by atoms with Gasteiger partial charge in [0.1, 0.15) is 0 Å². The van der Waals surface area contributed by atoms with Crippen LogP contribution in [0.5, 0.6) is 0 Å². The number of terminal acetylenes is 1. The minimum absolute atomic E-state index is 0.0857. The Morgan fingerprint density at radius 1 is 1.59 bits per heavy atom. The smallest absolute Gasteiger partial charge is 0.238 e. The lowest BCUT2D eigenvalue weighted by atomic mass is 10.1. The Kier molecular flexibility index (Phi) is 3.46. The Morgan fingerprint density at radius 3 is 3.12 bits per heavy atom. The summed E-state index contributed by atoms with van der Waals surface area (Å²) in [5.74, 6) is 2.24. The Balaban J connectivity index is 2.03.